The minimum atomic E-state index is -0.166. The van der Waals surface area contributed by atoms with Crippen LogP contribution in [0.5, 0.6) is 11.5 Å². The summed E-state index contributed by atoms with van der Waals surface area (Å²) in [6.07, 6.45) is 0.181. The van der Waals surface area contributed by atoms with Gasteiger partial charge in [-0.25, -0.2) is 0 Å². The van der Waals surface area contributed by atoms with Gasteiger partial charge in [0.25, 0.3) is 0 Å². The van der Waals surface area contributed by atoms with E-state index in [2.05, 4.69) is 10.2 Å². The average Bonchev–Trinajstić information content (AvgIpc) is 2.72. The van der Waals surface area contributed by atoms with Crippen molar-refractivity contribution in [2.75, 3.05) is 49.7 Å². The number of morpholine rings is 1. The second-order valence-electron chi connectivity index (χ2n) is 6.60. The molecule has 6 nitrogen and oxygen atoms in total. The number of halogens is 1. The summed E-state index contributed by atoms with van der Waals surface area (Å²) in [7, 11) is 0. The number of nitrogens with one attached hydrogen (secondary N) is 1. The maximum absolute atomic E-state index is 12.7. The lowest BCUT2D eigenvalue weighted by molar-refractivity contribution is -0.115. The van der Waals surface area contributed by atoms with Gasteiger partial charge in [0.15, 0.2) is 0 Å². The molecule has 3 rings (SSSR count). The topological polar surface area (TPSA) is 60.0 Å². The number of ether oxygens (including phenoxy) is 3. The van der Waals surface area contributed by atoms with Crippen LogP contribution >= 0.6 is 11.6 Å². The van der Waals surface area contributed by atoms with Crippen LogP contribution in [0.25, 0.3) is 0 Å². The number of carbonyl (C=O) groups is 1. The Morgan fingerprint density at radius 2 is 1.79 bits per heavy atom. The highest BCUT2D eigenvalue weighted by Gasteiger charge is 2.20. The van der Waals surface area contributed by atoms with E-state index in [0.29, 0.717) is 48.6 Å². The molecule has 1 aliphatic heterocycles. The molecule has 0 radical (unpaired) electrons. The molecule has 29 heavy (non-hydrogen) atoms. The number of nitrogens with zero attached hydrogens (tertiary/aromatic N) is 1. The van der Waals surface area contributed by atoms with Crippen molar-refractivity contribution >= 4 is 28.9 Å². The first-order chi connectivity index (χ1) is 14.1. The van der Waals surface area contributed by atoms with E-state index in [-0.39, 0.29) is 12.3 Å². The molecule has 156 valence electrons. The number of hydrogen-bond donors (Lipinski definition) is 1. The lowest BCUT2D eigenvalue weighted by Crippen LogP contribution is -2.36. The Bertz CT molecular complexity index is 838. The fraction of sp³-hybridized carbons (Fsp3) is 0.409. The summed E-state index contributed by atoms with van der Waals surface area (Å²) in [5, 5.41) is 3.53. The van der Waals surface area contributed by atoms with Crippen LogP contribution in [0.4, 0.5) is 11.4 Å². The minimum absolute atomic E-state index is 0.166. The normalized spacial score (nSPS) is 13.8. The van der Waals surface area contributed by atoms with Crippen molar-refractivity contribution < 1.29 is 19.0 Å². The molecule has 0 atom stereocenters. The molecule has 1 amide bonds. The Morgan fingerprint density at radius 3 is 2.48 bits per heavy atom. The molecule has 0 aromatic heterocycles. The number of benzene rings is 2. The third-order valence-corrected chi connectivity index (χ3v) is 4.96. The SMILES string of the molecule is CCOc1cc(N2CCOCC2)c(OCC)cc1NC(=O)Cc1ccccc1Cl. The van der Waals surface area contributed by atoms with Crippen LogP contribution in [0.2, 0.25) is 5.02 Å². The van der Waals surface area contributed by atoms with Gasteiger partial charge in [0.2, 0.25) is 5.91 Å². The predicted octanol–water partition coefficient (Wildman–Crippen LogP) is 4.16. The van der Waals surface area contributed by atoms with Gasteiger partial charge < -0.3 is 24.4 Å². The zero-order valence-electron chi connectivity index (χ0n) is 16.9. The van der Waals surface area contributed by atoms with E-state index in [0.717, 1.165) is 24.3 Å². The number of anilines is 2. The van der Waals surface area contributed by atoms with Crippen LogP contribution in [0, 0.1) is 0 Å². The zero-order valence-corrected chi connectivity index (χ0v) is 17.6. The van der Waals surface area contributed by atoms with Gasteiger partial charge in [-0.3, -0.25) is 4.79 Å². The van der Waals surface area contributed by atoms with Gasteiger partial charge in [-0.2, -0.15) is 0 Å². The van der Waals surface area contributed by atoms with Crippen molar-refractivity contribution in [3.05, 3.63) is 47.0 Å². The van der Waals surface area contributed by atoms with Gasteiger partial charge in [0.05, 0.1) is 44.2 Å². The number of hydrogen-bond acceptors (Lipinski definition) is 5. The lowest BCUT2D eigenvalue weighted by atomic mass is 10.1. The highest BCUT2D eigenvalue weighted by molar-refractivity contribution is 6.31. The van der Waals surface area contributed by atoms with E-state index in [1.54, 1.807) is 6.07 Å². The first kappa shape index (κ1) is 21.3. The van der Waals surface area contributed by atoms with Crippen molar-refractivity contribution in [3.8, 4) is 11.5 Å². The molecular formula is C22H27ClN2O4. The largest absolute Gasteiger partial charge is 0.492 e. The average molecular weight is 419 g/mol. The number of rotatable bonds is 8. The molecule has 0 saturated carbocycles. The second kappa shape index (κ2) is 10.4. The quantitative estimate of drug-likeness (QED) is 0.697. The second-order valence-corrected chi connectivity index (χ2v) is 7.01. The summed E-state index contributed by atoms with van der Waals surface area (Å²) in [5.41, 5.74) is 2.31. The first-order valence-electron chi connectivity index (χ1n) is 9.92. The third-order valence-electron chi connectivity index (χ3n) is 4.60. The summed E-state index contributed by atoms with van der Waals surface area (Å²) in [6, 6.07) is 11.1. The third kappa shape index (κ3) is 5.55. The van der Waals surface area contributed by atoms with Crippen LogP contribution in [0.3, 0.4) is 0 Å². The standard InChI is InChI=1S/C22H27ClN2O4/c1-3-28-20-15-19(25-9-11-27-12-10-25)21(29-4-2)14-18(20)24-22(26)13-16-7-5-6-8-17(16)23/h5-8,14-15H,3-4,9-13H2,1-2H3,(H,24,26). The molecule has 2 aromatic rings. The van der Waals surface area contributed by atoms with Gasteiger partial charge >= 0.3 is 0 Å². The predicted molar refractivity (Wildman–Crippen MR) is 116 cm³/mol. The lowest BCUT2D eigenvalue weighted by Gasteiger charge is -2.31. The monoisotopic (exact) mass is 418 g/mol. The molecule has 0 bridgehead atoms. The highest BCUT2D eigenvalue weighted by Crippen LogP contribution is 2.39. The molecule has 0 spiro atoms. The molecule has 0 unspecified atom stereocenters. The molecule has 7 heteroatoms. The van der Waals surface area contributed by atoms with E-state index in [1.165, 1.54) is 0 Å². The van der Waals surface area contributed by atoms with Crippen molar-refractivity contribution in [1.82, 2.24) is 0 Å². The Morgan fingerprint density at radius 1 is 1.10 bits per heavy atom. The van der Waals surface area contributed by atoms with E-state index >= 15 is 0 Å². The van der Waals surface area contributed by atoms with Gasteiger partial charge in [-0.15, -0.1) is 0 Å². The van der Waals surface area contributed by atoms with E-state index in [4.69, 9.17) is 25.8 Å². The van der Waals surface area contributed by atoms with Crippen LogP contribution in [0.1, 0.15) is 19.4 Å². The van der Waals surface area contributed by atoms with Crippen molar-refractivity contribution in [3.63, 3.8) is 0 Å². The van der Waals surface area contributed by atoms with E-state index in [1.807, 2.05) is 44.2 Å². The Labute approximate surface area is 176 Å². The van der Waals surface area contributed by atoms with Gasteiger partial charge in [0, 0.05) is 30.2 Å². The summed E-state index contributed by atoms with van der Waals surface area (Å²) >= 11 is 6.19. The minimum Gasteiger partial charge on any atom is -0.492 e. The smallest absolute Gasteiger partial charge is 0.228 e. The van der Waals surface area contributed by atoms with Gasteiger partial charge in [-0.1, -0.05) is 29.8 Å². The van der Waals surface area contributed by atoms with Crippen molar-refractivity contribution in [2.45, 2.75) is 20.3 Å². The number of carbonyl (C=O) groups excluding carboxylic acids is 1. The zero-order chi connectivity index (χ0) is 20.6. The maximum atomic E-state index is 12.7. The van der Waals surface area contributed by atoms with Crippen LogP contribution in [-0.2, 0) is 16.0 Å². The van der Waals surface area contributed by atoms with Crippen LogP contribution < -0.4 is 19.7 Å². The van der Waals surface area contributed by atoms with Crippen molar-refractivity contribution in [1.29, 1.82) is 0 Å². The molecule has 1 saturated heterocycles. The van der Waals surface area contributed by atoms with Gasteiger partial charge in [0.1, 0.15) is 11.5 Å². The summed E-state index contributed by atoms with van der Waals surface area (Å²) in [6.45, 7) is 7.78. The Hall–Kier alpha value is -2.44. The highest BCUT2D eigenvalue weighted by atomic mass is 35.5. The molecule has 0 aliphatic carbocycles. The van der Waals surface area contributed by atoms with E-state index in [9.17, 15) is 4.79 Å². The Kier molecular flexibility index (Phi) is 7.61. The molecule has 1 heterocycles. The molecule has 1 N–H and O–H groups in total. The maximum Gasteiger partial charge on any atom is 0.228 e. The molecule has 1 fully saturated rings. The Balaban J connectivity index is 1.86. The van der Waals surface area contributed by atoms with E-state index < -0.39 is 0 Å². The molecular weight excluding hydrogens is 392 g/mol. The summed E-state index contributed by atoms with van der Waals surface area (Å²) < 4.78 is 17.2. The fourth-order valence-corrected chi connectivity index (χ4v) is 3.46. The summed E-state index contributed by atoms with van der Waals surface area (Å²) in [4.78, 5) is 14.9. The first-order valence-corrected chi connectivity index (χ1v) is 10.3. The van der Waals surface area contributed by atoms with Crippen LogP contribution in [-0.4, -0.2) is 45.4 Å². The number of amides is 1. The summed E-state index contributed by atoms with van der Waals surface area (Å²) in [5.74, 6) is 1.16. The van der Waals surface area contributed by atoms with Crippen molar-refractivity contribution in [2.24, 2.45) is 0 Å². The molecule has 2 aromatic carbocycles. The van der Waals surface area contributed by atoms with Crippen LogP contribution in [0.15, 0.2) is 36.4 Å². The fourth-order valence-electron chi connectivity index (χ4n) is 3.25. The molecule has 1 aliphatic rings. The van der Waals surface area contributed by atoms with Gasteiger partial charge in [-0.05, 0) is 25.5 Å².